The fourth-order valence-corrected chi connectivity index (χ4v) is 5.04. The second-order valence-corrected chi connectivity index (χ2v) is 9.58. The second-order valence-electron chi connectivity index (χ2n) is 9.58. The van der Waals surface area contributed by atoms with Crippen LogP contribution in [0.5, 0.6) is 0 Å². The van der Waals surface area contributed by atoms with Crippen molar-refractivity contribution in [2.45, 2.75) is 50.6 Å². The molecule has 2 saturated heterocycles. The zero-order valence-corrected chi connectivity index (χ0v) is 19.9. The number of aliphatic hydroxyl groups excluding tert-OH is 2. The Morgan fingerprint density at radius 3 is 2.37 bits per heavy atom. The van der Waals surface area contributed by atoms with Crippen molar-refractivity contribution >= 4 is 0 Å². The van der Waals surface area contributed by atoms with Crippen molar-refractivity contribution in [3.05, 3.63) is 95.1 Å². The smallest absolute Gasteiger partial charge is 0.184 e. The lowest BCUT2D eigenvalue weighted by Gasteiger charge is -2.38. The van der Waals surface area contributed by atoms with E-state index in [1.807, 2.05) is 42.5 Å². The van der Waals surface area contributed by atoms with E-state index in [0.717, 1.165) is 59.3 Å². The molecule has 2 aliphatic rings. The molecule has 2 aliphatic heterocycles. The van der Waals surface area contributed by atoms with Gasteiger partial charge in [-0.2, -0.15) is 0 Å². The number of rotatable bonds is 7. The zero-order chi connectivity index (χ0) is 24.2. The van der Waals surface area contributed by atoms with Gasteiger partial charge in [-0.3, -0.25) is 4.90 Å². The van der Waals surface area contributed by atoms with Gasteiger partial charge >= 0.3 is 0 Å². The fourth-order valence-electron chi connectivity index (χ4n) is 5.04. The van der Waals surface area contributed by atoms with Gasteiger partial charge in [0.1, 0.15) is 0 Å². The molecule has 0 aliphatic carbocycles. The zero-order valence-electron chi connectivity index (χ0n) is 19.9. The van der Waals surface area contributed by atoms with E-state index in [1.165, 1.54) is 0 Å². The van der Waals surface area contributed by atoms with Gasteiger partial charge < -0.3 is 25.4 Å². The quantitative estimate of drug-likeness (QED) is 0.481. The van der Waals surface area contributed by atoms with Crippen LogP contribution in [0.3, 0.4) is 0 Å². The Labute approximate surface area is 206 Å². The minimum atomic E-state index is -0.499. The summed E-state index contributed by atoms with van der Waals surface area (Å²) in [6.07, 6.45) is 0.645. The van der Waals surface area contributed by atoms with Gasteiger partial charge in [-0.15, -0.1) is 0 Å². The molecule has 0 amide bonds. The van der Waals surface area contributed by atoms with Gasteiger partial charge in [-0.25, -0.2) is 0 Å². The average Bonchev–Trinajstić information content (AvgIpc) is 3.32. The van der Waals surface area contributed by atoms with Crippen molar-refractivity contribution in [3.63, 3.8) is 0 Å². The molecule has 184 valence electrons. The van der Waals surface area contributed by atoms with Gasteiger partial charge in [0.2, 0.25) is 0 Å². The molecular weight excluding hydrogens is 440 g/mol. The molecule has 2 heterocycles. The van der Waals surface area contributed by atoms with E-state index in [4.69, 9.17) is 15.2 Å². The summed E-state index contributed by atoms with van der Waals surface area (Å²) >= 11 is 0. The lowest BCUT2D eigenvalue weighted by atomic mass is 9.98. The van der Waals surface area contributed by atoms with Crippen LogP contribution in [-0.4, -0.2) is 47.0 Å². The SMILES string of the molecule is NCc1cccc(-c2cccc([C@H]3O[C@@H](CN4CC[C@H](O)C4)C[C@@H](c4ccc(CO)cc4)O3)c2)c1. The Morgan fingerprint density at radius 1 is 0.886 bits per heavy atom. The number of nitrogens with zero attached hydrogens (tertiary/aromatic N) is 1. The molecule has 0 radical (unpaired) electrons. The first kappa shape index (κ1) is 24.1. The van der Waals surface area contributed by atoms with Crippen molar-refractivity contribution in [2.75, 3.05) is 19.6 Å². The van der Waals surface area contributed by atoms with Crippen LogP contribution in [0, 0.1) is 0 Å². The van der Waals surface area contributed by atoms with Crippen LogP contribution < -0.4 is 5.73 Å². The number of aliphatic hydroxyl groups is 2. The standard InChI is InChI=1S/C29H34N2O4/c30-16-21-3-1-4-23(13-21)24-5-2-6-25(14-24)29-34-27(18-31-12-11-26(33)17-31)15-28(35-29)22-9-7-20(19-32)8-10-22/h1-10,13-14,26-29,32-33H,11-12,15-19,30H2/t26-,27+,28-,29-/m0/s1. The Kier molecular flexibility index (Phi) is 7.58. The van der Waals surface area contributed by atoms with E-state index in [1.54, 1.807) is 0 Å². The fraction of sp³-hybridized carbons (Fsp3) is 0.379. The molecular formula is C29H34N2O4. The van der Waals surface area contributed by atoms with Gasteiger partial charge in [0.25, 0.3) is 0 Å². The highest BCUT2D eigenvalue weighted by Crippen LogP contribution is 2.39. The van der Waals surface area contributed by atoms with E-state index in [0.29, 0.717) is 13.1 Å². The second kappa shape index (κ2) is 11.0. The van der Waals surface area contributed by atoms with Gasteiger partial charge in [0.15, 0.2) is 6.29 Å². The van der Waals surface area contributed by atoms with Crippen LogP contribution in [0.1, 0.15) is 47.5 Å². The first-order valence-electron chi connectivity index (χ1n) is 12.4. The van der Waals surface area contributed by atoms with Gasteiger partial charge in [-0.05, 0) is 46.4 Å². The summed E-state index contributed by atoms with van der Waals surface area (Å²) in [6.45, 7) is 2.87. The molecule has 5 rings (SSSR count). The van der Waals surface area contributed by atoms with E-state index >= 15 is 0 Å². The molecule has 2 fully saturated rings. The third-order valence-corrected chi connectivity index (χ3v) is 6.98. The molecule has 0 saturated carbocycles. The van der Waals surface area contributed by atoms with Crippen LogP contribution in [0.25, 0.3) is 11.1 Å². The third-order valence-electron chi connectivity index (χ3n) is 6.98. The number of ether oxygens (including phenoxy) is 2. The van der Waals surface area contributed by atoms with Crippen molar-refractivity contribution < 1.29 is 19.7 Å². The maximum Gasteiger partial charge on any atom is 0.184 e. The summed E-state index contributed by atoms with van der Waals surface area (Å²) in [5.41, 5.74) is 12.1. The monoisotopic (exact) mass is 474 g/mol. The normalized spacial score (nSPS) is 25.1. The Bertz CT molecular complexity index is 1120. The Hall–Kier alpha value is -2.58. The number of benzene rings is 3. The molecule has 4 N–H and O–H groups in total. The lowest BCUT2D eigenvalue weighted by Crippen LogP contribution is -2.38. The number of hydrogen-bond acceptors (Lipinski definition) is 6. The average molecular weight is 475 g/mol. The lowest BCUT2D eigenvalue weighted by molar-refractivity contribution is -0.252. The predicted molar refractivity (Wildman–Crippen MR) is 135 cm³/mol. The van der Waals surface area contributed by atoms with Crippen molar-refractivity contribution in [1.82, 2.24) is 4.90 Å². The maximum absolute atomic E-state index is 9.98. The Morgan fingerprint density at radius 2 is 1.66 bits per heavy atom. The maximum atomic E-state index is 9.98. The van der Waals surface area contributed by atoms with E-state index in [9.17, 15) is 10.2 Å². The topological polar surface area (TPSA) is 88.2 Å². The molecule has 6 nitrogen and oxygen atoms in total. The number of nitrogens with two attached hydrogens (primary N) is 1. The van der Waals surface area contributed by atoms with E-state index < -0.39 is 6.29 Å². The minimum absolute atomic E-state index is 0.0224. The first-order valence-corrected chi connectivity index (χ1v) is 12.4. The molecule has 3 aromatic carbocycles. The van der Waals surface area contributed by atoms with Gasteiger partial charge in [0.05, 0.1) is 24.9 Å². The molecule has 4 atom stereocenters. The first-order chi connectivity index (χ1) is 17.1. The molecule has 0 unspecified atom stereocenters. The van der Waals surface area contributed by atoms with Crippen LogP contribution >= 0.6 is 0 Å². The Balaban J connectivity index is 1.41. The predicted octanol–water partition coefficient (Wildman–Crippen LogP) is 3.92. The third kappa shape index (κ3) is 5.81. The van der Waals surface area contributed by atoms with Gasteiger partial charge in [-0.1, -0.05) is 60.7 Å². The number of likely N-dealkylation sites (tertiary alicyclic amines) is 1. The summed E-state index contributed by atoms with van der Waals surface area (Å²) in [5.74, 6) is 0. The number of β-amino-alcohol motifs (C(OH)–C–C–N with tert-alkyl or cyclic N) is 1. The minimum Gasteiger partial charge on any atom is -0.392 e. The van der Waals surface area contributed by atoms with Crippen molar-refractivity contribution in [2.24, 2.45) is 5.73 Å². The molecule has 0 aromatic heterocycles. The molecule has 6 heteroatoms. The molecule has 0 bridgehead atoms. The van der Waals surface area contributed by atoms with Gasteiger partial charge in [0, 0.05) is 38.2 Å². The highest BCUT2D eigenvalue weighted by atomic mass is 16.7. The van der Waals surface area contributed by atoms with Crippen LogP contribution in [-0.2, 0) is 22.6 Å². The van der Waals surface area contributed by atoms with Crippen LogP contribution in [0.2, 0.25) is 0 Å². The van der Waals surface area contributed by atoms with E-state index in [2.05, 4.69) is 35.2 Å². The highest BCUT2D eigenvalue weighted by Gasteiger charge is 2.34. The van der Waals surface area contributed by atoms with Crippen LogP contribution in [0.4, 0.5) is 0 Å². The molecule has 0 spiro atoms. The summed E-state index contributed by atoms with van der Waals surface area (Å²) in [5, 5.41) is 19.4. The molecule has 35 heavy (non-hydrogen) atoms. The van der Waals surface area contributed by atoms with Crippen molar-refractivity contribution in [1.29, 1.82) is 0 Å². The number of hydrogen-bond donors (Lipinski definition) is 3. The van der Waals surface area contributed by atoms with Crippen molar-refractivity contribution in [3.8, 4) is 11.1 Å². The summed E-state index contributed by atoms with van der Waals surface area (Å²) in [4.78, 5) is 2.28. The van der Waals surface area contributed by atoms with Crippen LogP contribution in [0.15, 0.2) is 72.8 Å². The van der Waals surface area contributed by atoms with E-state index in [-0.39, 0.29) is 24.9 Å². The largest absolute Gasteiger partial charge is 0.392 e. The highest BCUT2D eigenvalue weighted by molar-refractivity contribution is 5.65. The summed E-state index contributed by atoms with van der Waals surface area (Å²) in [6, 6.07) is 24.5. The molecule has 3 aromatic rings. The summed E-state index contributed by atoms with van der Waals surface area (Å²) in [7, 11) is 0. The summed E-state index contributed by atoms with van der Waals surface area (Å²) < 4.78 is 13.0.